The van der Waals surface area contributed by atoms with Crippen molar-refractivity contribution < 1.29 is 0 Å². The zero-order valence-corrected chi connectivity index (χ0v) is 9.55. The third kappa shape index (κ3) is 1.86. The molecule has 0 unspecified atom stereocenters. The monoisotopic (exact) mass is 232 g/mol. The van der Waals surface area contributed by atoms with E-state index in [1.54, 1.807) is 11.3 Å². The van der Waals surface area contributed by atoms with Gasteiger partial charge in [-0.15, -0.1) is 11.3 Å². The summed E-state index contributed by atoms with van der Waals surface area (Å²) in [6, 6.07) is 4.19. The first kappa shape index (κ1) is 9.59. The van der Waals surface area contributed by atoms with Gasteiger partial charge in [0, 0.05) is 24.0 Å². The van der Waals surface area contributed by atoms with E-state index in [0.717, 1.165) is 36.9 Å². The first-order chi connectivity index (χ1) is 7.92. The van der Waals surface area contributed by atoms with E-state index in [-0.39, 0.29) is 0 Å². The van der Waals surface area contributed by atoms with Crippen LogP contribution >= 0.6 is 11.3 Å². The summed E-state index contributed by atoms with van der Waals surface area (Å²) in [7, 11) is 0. The SMILES string of the molecule is c1csc(Cc2c[nH]c(C3=NCCN3)n2)c1. The summed E-state index contributed by atoms with van der Waals surface area (Å²) in [5, 5.41) is 5.29. The highest BCUT2D eigenvalue weighted by atomic mass is 32.1. The van der Waals surface area contributed by atoms with E-state index in [1.807, 2.05) is 6.20 Å². The van der Waals surface area contributed by atoms with Gasteiger partial charge in [-0.05, 0) is 11.4 Å². The molecule has 0 radical (unpaired) electrons. The van der Waals surface area contributed by atoms with Crippen LogP contribution in [-0.2, 0) is 6.42 Å². The summed E-state index contributed by atoms with van der Waals surface area (Å²) in [6.07, 6.45) is 2.85. The zero-order chi connectivity index (χ0) is 10.8. The average Bonchev–Trinajstić information content (AvgIpc) is 2.99. The number of H-pyrrole nitrogens is 1. The van der Waals surface area contributed by atoms with Crippen molar-refractivity contribution in [3.63, 3.8) is 0 Å². The van der Waals surface area contributed by atoms with Crippen molar-refractivity contribution in [3.05, 3.63) is 40.1 Å². The molecule has 1 aliphatic heterocycles. The lowest BCUT2D eigenvalue weighted by Gasteiger charge is -1.95. The van der Waals surface area contributed by atoms with E-state index >= 15 is 0 Å². The average molecular weight is 232 g/mol. The quantitative estimate of drug-likeness (QED) is 0.840. The Balaban J connectivity index is 1.77. The van der Waals surface area contributed by atoms with Gasteiger partial charge in [-0.25, -0.2) is 4.98 Å². The number of amidine groups is 1. The molecule has 2 N–H and O–H groups in total. The molecular formula is C11H12N4S. The van der Waals surface area contributed by atoms with E-state index in [0.29, 0.717) is 0 Å². The fourth-order valence-corrected chi connectivity index (χ4v) is 2.44. The van der Waals surface area contributed by atoms with Crippen LogP contribution in [0.3, 0.4) is 0 Å². The number of imidazole rings is 1. The maximum atomic E-state index is 4.52. The predicted octanol–water partition coefficient (Wildman–Crippen LogP) is 1.41. The maximum Gasteiger partial charge on any atom is 0.173 e. The van der Waals surface area contributed by atoms with Crippen LogP contribution in [0.2, 0.25) is 0 Å². The fourth-order valence-electron chi connectivity index (χ4n) is 1.72. The number of aromatic nitrogens is 2. The summed E-state index contributed by atoms with van der Waals surface area (Å²) in [4.78, 5) is 13.3. The molecule has 2 aromatic rings. The molecule has 4 nitrogen and oxygen atoms in total. The minimum atomic E-state index is 0.844. The number of nitrogens with zero attached hydrogens (tertiary/aromatic N) is 2. The second-order valence-corrected chi connectivity index (χ2v) is 4.69. The lowest BCUT2D eigenvalue weighted by molar-refractivity contribution is 0.956. The molecule has 0 fully saturated rings. The van der Waals surface area contributed by atoms with Crippen LogP contribution in [0.15, 0.2) is 28.7 Å². The van der Waals surface area contributed by atoms with Crippen LogP contribution in [0, 0.1) is 0 Å². The Kier molecular flexibility index (Phi) is 2.46. The molecule has 0 atom stereocenters. The van der Waals surface area contributed by atoms with Crippen LogP contribution in [0.25, 0.3) is 0 Å². The minimum absolute atomic E-state index is 0.844. The zero-order valence-electron chi connectivity index (χ0n) is 8.73. The number of thiophene rings is 1. The molecular weight excluding hydrogens is 220 g/mol. The largest absolute Gasteiger partial charge is 0.365 e. The molecule has 3 rings (SSSR count). The topological polar surface area (TPSA) is 53.1 Å². The van der Waals surface area contributed by atoms with Crippen molar-refractivity contribution in [1.29, 1.82) is 0 Å². The van der Waals surface area contributed by atoms with Crippen molar-refractivity contribution in [3.8, 4) is 0 Å². The first-order valence-corrected chi connectivity index (χ1v) is 6.15. The minimum Gasteiger partial charge on any atom is -0.365 e. The van der Waals surface area contributed by atoms with Gasteiger partial charge in [0.25, 0.3) is 0 Å². The molecule has 0 saturated carbocycles. The van der Waals surface area contributed by atoms with Gasteiger partial charge < -0.3 is 10.3 Å². The molecule has 0 aliphatic carbocycles. The third-order valence-corrected chi connectivity index (χ3v) is 3.34. The number of aromatic amines is 1. The fraction of sp³-hybridized carbons (Fsp3) is 0.273. The van der Waals surface area contributed by atoms with Gasteiger partial charge in [0.1, 0.15) is 0 Å². The van der Waals surface area contributed by atoms with Gasteiger partial charge in [0.15, 0.2) is 11.7 Å². The van der Waals surface area contributed by atoms with Crippen LogP contribution in [-0.4, -0.2) is 28.9 Å². The molecule has 0 bridgehead atoms. The van der Waals surface area contributed by atoms with Gasteiger partial charge in [-0.1, -0.05) is 6.07 Å². The van der Waals surface area contributed by atoms with Crippen molar-refractivity contribution in [1.82, 2.24) is 15.3 Å². The van der Waals surface area contributed by atoms with Crippen molar-refractivity contribution in [2.24, 2.45) is 4.99 Å². The van der Waals surface area contributed by atoms with Crippen molar-refractivity contribution >= 4 is 17.2 Å². The van der Waals surface area contributed by atoms with E-state index in [1.165, 1.54) is 4.88 Å². The molecule has 1 aliphatic rings. The summed E-state index contributed by atoms with van der Waals surface area (Å²) in [6.45, 7) is 1.76. The second-order valence-electron chi connectivity index (χ2n) is 3.65. The number of hydrogen-bond donors (Lipinski definition) is 2. The van der Waals surface area contributed by atoms with Gasteiger partial charge in [-0.2, -0.15) is 0 Å². The van der Waals surface area contributed by atoms with Gasteiger partial charge in [0.2, 0.25) is 0 Å². The maximum absolute atomic E-state index is 4.52. The Hall–Kier alpha value is -1.62. The third-order valence-electron chi connectivity index (χ3n) is 2.46. The lowest BCUT2D eigenvalue weighted by atomic mass is 10.3. The Morgan fingerprint density at radius 3 is 3.19 bits per heavy atom. The van der Waals surface area contributed by atoms with E-state index in [2.05, 4.69) is 37.8 Å². The molecule has 82 valence electrons. The molecule has 16 heavy (non-hydrogen) atoms. The normalized spacial score (nSPS) is 14.9. The molecule has 0 spiro atoms. The Morgan fingerprint density at radius 2 is 2.44 bits per heavy atom. The van der Waals surface area contributed by atoms with E-state index in [9.17, 15) is 0 Å². The molecule has 0 amide bonds. The Bertz CT molecular complexity index is 498. The standard InChI is InChI=1S/C11H12N4S/c1-2-9(16-5-1)6-8-7-14-11(15-8)10-12-3-4-13-10/h1-2,5,7H,3-4,6H2,(H,12,13)(H,14,15). The molecule has 0 aromatic carbocycles. The molecule has 2 aromatic heterocycles. The summed E-state index contributed by atoms with van der Waals surface area (Å²) in [5.74, 6) is 1.74. The van der Waals surface area contributed by atoms with Crippen LogP contribution < -0.4 is 5.32 Å². The first-order valence-electron chi connectivity index (χ1n) is 5.27. The van der Waals surface area contributed by atoms with Crippen LogP contribution in [0.5, 0.6) is 0 Å². The van der Waals surface area contributed by atoms with Crippen molar-refractivity contribution in [2.75, 3.05) is 13.1 Å². The van der Waals surface area contributed by atoms with E-state index < -0.39 is 0 Å². The summed E-state index contributed by atoms with van der Waals surface area (Å²) < 4.78 is 0. The number of nitrogens with one attached hydrogen (secondary N) is 2. The highest BCUT2D eigenvalue weighted by molar-refractivity contribution is 7.09. The Labute approximate surface area is 97.5 Å². The van der Waals surface area contributed by atoms with Gasteiger partial charge in [0.05, 0.1) is 12.2 Å². The van der Waals surface area contributed by atoms with Gasteiger partial charge in [-0.3, -0.25) is 4.99 Å². The van der Waals surface area contributed by atoms with Crippen LogP contribution in [0.1, 0.15) is 16.4 Å². The van der Waals surface area contributed by atoms with Gasteiger partial charge >= 0.3 is 0 Å². The predicted molar refractivity (Wildman–Crippen MR) is 65.1 cm³/mol. The second kappa shape index (κ2) is 4.09. The number of rotatable bonds is 3. The summed E-state index contributed by atoms with van der Waals surface area (Å²) >= 11 is 1.76. The number of aliphatic imine (C=N–C) groups is 1. The molecule has 3 heterocycles. The lowest BCUT2D eigenvalue weighted by Crippen LogP contribution is -2.20. The Morgan fingerprint density at radius 1 is 1.44 bits per heavy atom. The highest BCUT2D eigenvalue weighted by Crippen LogP contribution is 2.13. The summed E-state index contributed by atoms with van der Waals surface area (Å²) in [5.41, 5.74) is 1.06. The molecule has 5 heteroatoms. The van der Waals surface area contributed by atoms with Crippen LogP contribution in [0.4, 0.5) is 0 Å². The highest BCUT2D eigenvalue weighted by Gasteiger charge is 2.11. The smallest absolute Gasteiger partial charge is 0.173 e. The van der Waals surface area contributed by atoms with E-state index in [4.69, 9.17) is 0 Å². The number of hydrogen-bond acceptors (Lipinski definition) is 4. The van der Waals surface area contributed by atoms with Crippen molar-refractivity contribution in [2.45, 2.75) is 6.42 Å². The molecule has 0 saturated heterocycles.